The summed E-state index contributed by atoms with van der Waals surface area (Å²) in [4.78, 5) is 25.5. The SMILES string of the molecule is CC(C)C1(C(=O)O)CCN(C(=O)CCCc2cccc(C(F)(F)F)c2)C1. The van der Waals surface area contributed by atoms with E-state index in [1.165, 1.54) is 6.07 Å². The molecule has 2 rings (SSSR count). The number of rotatable bonds is 6. The number of amides is 1. The van der Waals surface area contributed by atoms with Gasteiger partial charge >= 0.3 is 12.1 Å². The molecule has 1 saturated heterocycles. The van der Waals surface area contributed by atoms with Crippen molar-refractivity contribution < 1.29 is 27.9 Å². The van der Waals surface area contributed by atoms with Crippen molar-refractivity contribution in [2.45, 2.75) is 45.7 Å². The van der Waals surface area contributed by atoms with E-state index in [1.807, 2.05) is 13.8 Å². The van der Waals surface area contributed by atoms with Crippen molar-refractivity contribution in [3.05, 3.63) is 35.4 Å². The Morgan fingerprint density at radius 3 is 2.54 bits per heavy atom. The number of carbonyl (C=O) groups excluding carboxylic acids is 1. The number of aliphatic carboxylic acids is 1. The number of benzene rings is 1. The van der Waals surface area contributed by atoms with Gasteiger partial charge in [-0.1, -0.05) is 32.0 Å². The molecule has 1 unspecified atom stereocenters. The predicted octanol–water partition coefficient (Wildman–Crippen LogP) is 3.99. The maximum atomic E-state index is 12.7. The van der Waals surface area contributed by atoms with Gasteiger partial charge in [-0.25, -0.2) is 0 Å². The van der Waals surface area contributed by atoms with Crippen LogP contribution in [0.25, 0.3) is 0 Å². The van der Waals surface area contributed by atoms with Crippen molar-refractivity contribution >= 4 is 11.9 Å². The van der Waals surface area contributed by atoms with Gasteiger partial charge in [0.05, 0.1) is 11.0 Å². The molecule has 0 radical (unpaired) electrons. The molecule has 1 aliphatic rings. The lowest BCUT2D eigenvalue weighted by Crippen LogP contribution is -2.40. The first-order valence-corrected chi connectivity index (χ1v) is 8.73. The lowest BCUT2D eigenvalue weighted by molar-refractivity contribution is -0.151. The number of nitrogens with zero attached hydrogens (tertiary/aromatic N) is 1. The van der Waals surface area contributed by atoms with Crippen LogP contribution in [0, 0.1) is 11.3 Å². The molecule has 26 heavy (non-hydrogen) atoms. The number of halogens is 3. The molecule has 144 valence electrons. The zero-order valence-corrected chi connectivity index (χ0v) is 15.0. The molecule has 1 heterocycles. The molecule has 0 aromatic heterocycles. The minimum Gasteiger partial charge on any atom is -0.481 e. The third-order valence-electron chi connectivity index (χ3n) is 5.30. The average molecular weight is 371 g/mol. The lowest BCUT2D eigenvalue weighted by atomic mass is 9.76. The Morgan fingerprint density at radius 1 is 1.31 bits per heavy atom. The summed E-state index contributed by atoms with van der Waals surface area (Å²) in [6.07, 6.45) is -2.95. The summed E-state index contributed by atoms with van der Waals surface area (Å²) in [6.45, 7) is 4.29. The number of likely N-dealkylation sites (tertiary alicyclic amines) is 1. The largest absolute Gasteiger partial charge is 0.481 e. The zero-order chi connectivity index (χ0) is 19.5. The summed E-state index contributed by atoms with van der Waals surface area (Å²) in [6, 6.07) is 5.11. The number of carboxylic acid groups (broad SMARTS) is 1. The highest BCUT2D eigenvalue weighted by Gasteiger charge is 2.48. The molecule has 4 nitrogen and oxygen atoms in total. The van der Waals surface area contributed by atoms with Crippen LogP contribution in [0.5, 0.6) is 0 Å². The molecule has 0 aliphatic carbocycles. The van der Waals surface area contributed by atoms with Crippen LogP contribution in [0.3, 0.4) is 0 Å². The topological polar surface area (TPSA) is 57.6 Å². The molecule has 1 N–H and O–H groups in total. The Kier molecular flexibility index (Phi) is 5.98. The molecular weight excluding hydrogens is 347 g/mol. The van der Waals surface area contributed by atoms with Gasteiger partial charge < -0.3 is 10.0 Å². The normalized spacial score (nSPS) is 20.6. The van der Waals surface area contributed by atoms with Gasteiger partial charge in [-0.3, -0.25) is 9.59 Å². The van der Waals surface area contributed by atoms with Crippen molar-refractivity contribution in [1.82, 2.24) is 4.90 Å². The second kappa shape index (κ2) is 7.68. The van der Waals surface area contributed by atoms with Gasteiger partial charge in [-0.2, -0.15) is 13.2 Å². The first-order chi connectivity index (χ1) is 12.1. The van der Waals surface area contributed by atoms with Crippen molar-refractivity contribution in [1.29, 1.82) is 0 Å². The Hall–Kier alpha value is -2.05. The van der Waals surface area contributed by atoms with Crippen LogP contribution in [-0.2, 0) is 22.2 Å². The Bertz CT molecular complexity index is 672. The molecule has 0 spiro atoms. The molecule has 7 heteroatoms. The summed E-state index contributed by atoms with van der Waals surface area (Å²) in [5.74, 6) is -1.10. The van der Waals surface area contributed by atoms with E-state index in [4.69, 9.17) is 0 Å². The number of aryl methyl sites for hydroxylation is 1. The molecular formula is C19H24F3NO3. The van der Waals surface area contributed by atoms with Crippen molar-refractivity contribution in [2.75, 3.05) is 13.1 Å². The van der Waals surface area contributed by atoms with E-state index in [2.05, 4.69) is 0 Å². The van der Waals surface area contributed by atoms with Crippen molar-refractivity contribution in [2.24, 2.45) is 11.3 Å². The second-order valence-electron chi connectivity index (χ2n) is 7.23. The Labute approximate surface area is 151 Å². The number of alkyl halides is 3. The number of hydrogen-bond acceptors (Lipinski definition) is 2. The summed E-state index contributed by atoms with van der Waals surface area (Å²) < 4.78 is 38.2. The summed E-state index contributed by atoms with van der Waals surface area (Å²) in [7, 11) is 0. The van der Waals surface area contributed by atoms with Gasteiger partial charge in [0, 0.05) is 19.5 Å². The standard InChI is InChI=1S/C19H24F3NO3/c1-13(2)18(17(25)26)9-10-23(12-18)16(24)8-4-6-14-5-3-7-15(11-14)19(20,21)22/h3,5,7,11,13H,4,6,8-10,12H2,1-2H3,(H,25,26). The zero-order valence-electron chi connectivity index (χ0n) is 15.0. The predicted molar refractivity (Wildman–Crippen MR) is 90.5 cm³/mol. The maximum absolute atomic E-state index is 12.7. The van der Waals surface area contributed by atoms with Crippen LogP contribution >= 0.6 is 0 Å². The lowest BCUT2D eigenvalue weighted by Gasteiger charge is -2.28. The number of hydrogen-bond donors (Lipinski definition) is 1. The fourth-order valence-electron chi connectivity index (χ4n) is 3.44. The molecule has 1 aromatic rings. The minimum atomic E-state index is -4.38. The fraction of sp³-hybridized carbons (Fsp3) is 0.579. The quantitative estimate of drug-likeness (QED) is 0.823. The van der Waals surface area contributed by atoms with E-state index in [-0.39, 0.29) is 24.8 Å². The van der Waals surface area contributed by atoms with Gasteiger partial charge in [-0.05, 0) is 36.8 Å². The van der Waals surface area contributed by atoms with E-state index in [0.717, 1.165) is 12.1 Å². The maximum Gasteiger partial charge on any atom is 0.416 e. The van der Waals surface area contributed by atoms with Crippen molar-refractivity contribution in [3.63, 3.8) is 0 Å². The molecule has 0 saturated carbocycles. The van der Waals surface area contributed by atoms with Gasteiger partial charge in [0.25, 0.3) is 0 Å². The molecule has 1 aliphatic heterocycles. The molecule has 1 amide bonds. The van der Waals surface area contributed by atoms with Crippen LogP contribution in [-0.4, -0.2) is 35.0 Å². The number of carbonyl (C=O) groups is 2. The highest BCUT2D eigenvalue weighted by Crippen LogP contribution is 2.38. The Balaban J connectivity index is 1.89. The minimum absolute atomic E-state index is 0.0806. The van der Waals surface area contributed by atoms with Gasteiger partial charge in [0.1, 0.15) is 0 Å². The average Bonchev–Trinajstić information content (AvgIpc) is 3.01. The first-order valence-electron chi connectivity index (χ1n) is 8.73. The molecule has 0 bridgehead atoms. The van der Waals surface area contributed by atoms with Gasteiger partial charge in [0.2, 0.25) is 5.91 Å². The molecule has 1 atom stereocenters. The van der Waals surface area contributed by atoms with E-state index >= 15 is 0 Å². The van der Waals surface area contributed by atoms with E-state index in [0.29, 0.717) is 31.4 Å². The van der Waals surface area contributed by atoms with Crippen molar-refractivity contribution in [3.8, 4) is 0 Å². The summed E-state index contributed by atoms with van der Waals surface area (Å²) in [5, 5.41) is 9.52. The van der Waals surface area contributed by atoms with Gasteiger partial charge in [0.15, 0.2) is 0 Å². The third-order valence-corrected chi connectivity index (χ3v) is 5.30. The fourth-order valence-corrected chi connectivity index (χ4v) is 3.44. The highest BCUT2D eigenvalue weighted by molar-refractivity contribution is 5.80. The van der Waals surface area contributed by atoms with Crippen LogP contribution in [0.1, 0.15) is 44.2 Å². The van der Waals surface area contributed by atoms with Crippen LogP contribution in [0.4, 0.5) is 13.2 Å². The second-order valence-corrected chi connectivity index (χ2v) is 7.23. The summed E-state index contributed by atoms with van der Waals surface area (Å²) in [5.41, 5.74) is -1.06. The van der Waals surface area contributed by atoms with E-state index < -0.39 is 23.1 Å². The van der Waals surface area contributed by atoms with Crippen LogP contribution in [0.2, 0.25) is 0 Å². The highest BCUT2D eigenvalue weighted by atomic mass is 19.4. The third kappa shape index (κ3) is 4.37. The molecule has 1 fully saturated rings. The first kappa shape index (κ1) is 20.3. The van der Waals surface area contributed by atoms with Crippen LogP contribution < -0.4 is 0 Å². The summed E-state index contributed by atoms with van der Waals surface area (Å²) >= 11 is 0. The Morgan fingerprint density at radius 2 is 2.00 bits per heavy atom. The van der Waals surface area contributed by atoms with Crippen LogP contribution in [0.15, 0.2) is 24.3 Å². The van der Waals surface area contributed by atoms with E-state index in [1.54, 1.807) is 11.0 Å². The monoisotopic (exact) mass is 371 g/mol. The smallest absolute Gasteiger partial charge is 0.416 e. The molecule has 1 aromatic carbocycles. The number of carboxylic acids is 1. The van der Waals surface area contributed by atoms with Gasteiger partial charge in [-0.15, -0.1) is 0 Å². The van der Waals surface area contributed by atoms with E-state index in [9.17, 15) is 27.9 Å².